The second kappa shape index (κ2) is 10.1. The molecule has 0 aliphatic carbocycles. The Morgan fingerprint density at radius 1 is 1.03 bits per heavy atom. The molecule has 0 spiro atoms. The van der Waals surface area contributed by atoms with Crippen LogP contribution < -0.4 is 4.90 Å². The minimum Gasteiger partial charge on any atom is -0.376 e. The number of ether oxygens (including phenoxy) is 1. The maximum Gasteiger partial charge on any atom is 0.260 e. The molecule has 1 aromatic heterocycles. The van der Waals surface area contributed by atoms with E-state index in [0.717, 1.165) is 29.7 Å². The number of amides is 1. The van der Waals surface area contributed by atoms with Crippen molar-refractivity contribution in [1.82, 2.24) is 4.98 Å². The summed E-state index contributed by atoms with van der Waals surface area (Å²) in [6.07, 6.45) is 3.97. The van der Waals surface area contributed by atoms with Gasteiger partial charge in [-0.25, -0.2) is 4.98 Å². The first-order valence-electron chi connectivity index (χ1n) is 11.2. The number of anilines is 1. The van der Waals surface area contributed by atoms with Crippen LogP contribution in [-0.4, -0.2) is 42.2 Å². The lowest BCUT2D eigenvalue weighted by Gasteiger charge is -2.23. The van der Waals surface area contributed by atoms with Crippen LogP contribution >= 0.6 is 23.1 Å². The lowest BCUT2D eigenvalue weighted by molar-refractivity contribution is 0.0917. The second-order valence-corrected chi connectivity index (χ2v) is 10.0. The van der Waals surface area contributed by atoms with E-state index in [9.17, 15) is 9.59 Å². The number of fused-ring (bicyclic) bond motifs is 1. The summed E-state index contributed by atoms with van der Waals surface area (Å²) in [5, 5.41) is 0.665. The van der Waals surface area contributed by atoms with Crippen molar-refractivity contribution in [3.63, 3.8) is 0 Å². The van der Waals surface area contributed by atoms with Crippen LogP contribution in [0.4, 0.5) is 5.13 Å². The third-order valence-electron chi connectivity index (χ3n) is 5.90. The lowest BCUT2D eigenvalue weighted by atomic mass is 10.0. The average molecular weight is 489 g/mol. The number of ketones is 1. The number of benzene rings is 3. The zero-order valence-corrected chi connectivity index (χ0v) is 20.4. The van der Waals surface area contributed by atoms with Gasteiger partial charge in [0.05, 0.1) is 22.9 Å². The van der Waals surface area contributed by atoms with Crippen molar-refractivity contribution in [1.29, 1.82) is 0 Å². The Morgan fingerprint density at radius 2 is 1.76 bits per heavy atom. The van der Waals surface area contributed by atoms with Crippen LogP contribution in [0.2, 0.25) is 0 Å². The van der Waals surface area contributed by atoms with E-state index in [0.29, 0.717) is 28.4 Å². The third kappa shape index (κ3) is 4.78. The van der Waals surface area contributed by atoms with Gasteiger partial charge in [0, 0.05) is 28.2 Å². The second-order valence-electron chi connectivity index (χ2n) is 8.15. The molecular formula is C27H24N2O3S2. The Bertz CT molecular complexity index is 1310. The fourth-order valence-electron chi connectivity index (χ4n) is 4.05. The number of hydrogen-bond donors (Lipinski definition) is 0. The van der Waals surface area contributed by atoms with Crippen molar-refractivity contribution in [3.8, 4) is 0 Å². The molecule has 1 aliphatic rings. The molecule has 34 heavy (non-hydrogen) atoms. The number of carbonyl (C=O) groups is 2. The fraction of sp³-hybridized carbons (Fsp3) is 0.222. The Labute approximate surface area is 206 Å². The molecule has 1 aliphatic heterocycles. The molecule has 1 saturated heterocycles. The highest BCUT2D eigenvalue weighted by Crippen LogP contribution is 2.33. The fourth-order valence-corrected chi connectivity index (χ4v) is 5.58. The van der Waals surface area contributed by atoms with Gasteiger partial charge in [-0.3, -0.25) is 14.5 Å². The van der Waals surface area contributed by atoms with Crippen LogP contribution in [0.3, 0.4) is 0 Å². The molecule has 3 aromatic carbocycles. The van der Waals surface area contributed by atoms with E-state index >= 15 is 0 Å². The summed E-state index contributed by atoms with van der Waals surface area (Å²) >= 11 is 3.20. The molecule has 0 radical (unpaired) electrons. The SMILES string of the molecule is CSc1ccc2nc(N(CC3CCCO3)C(=O)c3ccc(C(=O)c4ccccc4)cc3)sc2c1. The summed E-state index contributed by atoms with van der Waals surface area (Å²) in [4.78, 5) is 34.0. The molecule has 1 atom stereocenters. The maximum absolute atomic E-state index is 13.6. The predicted molar refractivity (Wildman–Crippen MR) is 138 cm³/mol. The predicted octanol–water partition coefficient (Wildman–Crippen LogP) is 6.08. The van der Waals surface area contributed by atoms with Gasteiger partial charge < -0.3 is 4.74 Å². The first-order valence-corrected chi connectivity index (χ1v) is 13.2. The largest absolute Gasteiger partial charge is 0.376 e. The highest BCUT2D eigenvalue weighted by atomic mass is 32.2. The molecule has 0 saturated carbocycles. The van der Waals surface area contributed by atoms with E-state index in [-0.39, 0.29) is 17.8 Å². The van der Waals surface area contributed by atoms with Crippen molar-refractivity contribution in [3.05, 3.63) is 89.5 Å². The van der Waals surface area contributed by atoms with Crippen LogP contribution in [0, 0.1) is 0 Å². The highest BCUT2D eigenvalue weighted by molar-refractivity contribution is 7.98. The van der Waals surface area contributed by atoms with Gasteiger partial charge in [-0.2, -0.15) is 0 Å². The number of thiazole rings is 1. The van der Waals surface area contributed by atoms with Gasteiger partial charge in [0.1, 0.15) is 0 Å². The van der Waals surface area contributed by atoms with Gasteiger partial charge >= 0.3 is 0 Å². The molecule has 2 heterocycles. The molecule has 1 amide bonds. The van der Waals surface area contributed by atoms with Crippen LogP contribution in [0.5, 0.6) is 0 Å². The Morgan fingerprint density at radius 3 is 2.47 bits per heavy atom. The monoisotopic (exact) mass is 488 g/mol. The minimum absolute atomic E-state index is 0.00310. The number of hydrogen-bond acceptors (Lipinski definition) is 6. The van der Waals surface area contributed by atoms with E-state index in [1.807, 2.05) is 36.6 Å². The standard InChI is InChI=1S/C27H24N2O3S2/c1-33-22-13-14-23-24(16-22)34-27(28-23)29(17-21-8-5-15-32-21)26(31)20-11-9-19(10-12-20)25(30)18-6-3-2-4-7-18/h2-4,6-7,9-14,16,21H,5,8,15,17H2,1H3. The molecule has 0 N–H and O–H groups in total. The van der Waals surface area contributed by atoms with E-state index in [2.05, 4.69) is 6.07 Å². The van der Waals surface area contributed by atoms with Crippen LogP contribution in [0.25, 0.3) is 10.2 Å². The molecular weight excluding hydrogens is 464 g/mol. The molecule has 4 aromatic rings. The summed E-state index contributed by atoms with van der Waals surface area (Å²) in [7, 11) is 0. The van der Waals surface area contributed by atoms with Crippen molar-refractivity contribution < 1.29 is 14.3 Å². The summed E-state index contributed by atoms with van der Waals surface area (Å²) in [5.74, 6) is -0.204. The van der Waals surface area contributed by atoms with Crippen molar-refractivity contribution in [2.45, 2.75) is 23.8 Å². The molecule has 172 valence electrons. The Hall–Kier alpha value is -3.00. The molecule has 5 rings (SSSR count). The number of carbonyl (C=O) groups excluding carboxylic acids is 2. The van der Waals surface area contributed by atoms with Gasteiger partial charge in [-0.1, -0.05) is 53.8 Å². The van der Waals surface area contributed by atoms with Crippen LogP contribution in [-0.2, 0) is 4.74 Å². The van der Waals surface area contributed by atoms with Gasteiger partial charge in [-0.05, 0) is 49.4 Å². The zero-order valence-electron chi connectivity index (χ0n) is 18.8. The quantitative estimate of drug-likeness (QED) is 0.233. The first-order chi connectivity index (χ1) is 16.6. The normalized spacial score (nSPS) is 15.5. The lowest BCUT2D eigenvalue weighted by Crippen LogP contribution is -2.37. The topological polar surface area (TPSA) is 59.5 Å². The summed E-state index contributed by atoms with van der Waals surface area (Å²) in [6, 6.07) is 22.2. The van der Waals surface area contributed by atoms with E-state index < -0.39 is 0 Å². The van der Waals surface area contributed by atoms with E-state index in [4.69, 9.17) is 9.72 Å². The maximum atomic E-state index is 13.6. The van der Waals surface area contributed by atoms with Gasteiger partial charge in [-0.15, -0.1) is 11.8 Å². The van der Waals surface area contributed by atoms with Gasteiger partial charge in [0.15, 0.2) is 10.9 Å². The molecule has 1 fully saturated rings. The van der Waals surface area contributed by atoms with Crippen LogP contribution in [0.1, 0.15) is 39.1 Å². The van der Waals surface area contributed by atoms with Gasteiger partial charge in [0.2, 0.25) is 0 Å². The van der Waals surface area contributed by atoms with E-state index in [1.54, 1.807) is 53.1 Å². The number of thioether (sulfide) groups is 1. The molecule has 1 unspecified atom stereocenters. The molecule has 7 heteroatoms. The third-order valence-corrected chi connectivity index (χ3v) is 7.67. The minimum atomic E-state index is -0.140. The number of nitrogens with zero attached hydrogens (tertiary/aromatic N) is 2. The van der Waals surface area contributed by atoms with E-state index in [1.165, 1.54) is 16.2 Å². The van der Waals surface area contributed by atoms with Crippen molar-refractivity contribution in [2.24, 2.45) is 0 Å². The number of aromatic nitrogens is 1. The summed E-state index contributed by atoms with van der Waals surface area (Å²) in [5.41, 5.74) is 2.58. The Kier molecular flexibility index (Phi) is 6.76. The summed E-state index contributed by atoms with van der Waals surface area (Å²) < 4.78 is 6.89. The van der Waals surface area contributed by atoms with Crippen molar-refractivity contribution >= 4 is 50.1 Å². The summed E-state index contributed by atoms with van der Waals surface area (Å²) in [6.45, 7) is 1.18. The highest BCUT2D eigenvalue weighted by Gasteiger charge is 2.27. The van der Waals surface area contributed by atoms with Gasteiger partial charge in [0.25, 0.3) is 5.91 Å². The average Bonchev–Trinajstić information content (AvgIpc) is 3.56. The van der Waals surface area contributed by atoms with Crippen molar-refractivity contribution in [2.75, 3.05) is 24.3 Å². The smallest absolute Gasteiger partial charge is 0.260 e. The molecule has 5 nitrogen and oxygen atoms in total. The first kappa shape index (κ1) is 22.8. The van der Waals surface area contributed by atoms with Crippen LogP contribution in [0.15, 0.2) is 77.7 Å². The zero-order chi connectivity index (χ0) is 23.5. The molecule has 0 bridgehead atoms. The Balaban J connectivity index is 1.44. The number of rotatable bonds is 7.